The molecule has 0 spiro atoms. The lowest BCUT2D eigenvalue weighted by Crippen LogP contribution is -2.75. The van der Waals surface area contributed by atoms with Crippen molar-refractivity contribution >= 4 is 0 Å². The van der Waals surface area contributed by atoms with Crippen LogP contribution in [0.3, 0.4) is 0 Å². The number of hydrazine groups is 1. The lowest BCUT2D eigenvalue weighted by atomic mass is 10.0. The number of rotatable bonds is 19. The first-order valence-corrected chi connectivity index (χ1v) is 13.0. The van der Waals surface area contributed by atoms with Crippen LogP contribution >= 0.6 is 0 Å². The van der Waals surface area contributed by atoms with E-state index in [4.69, 9.17) is 0 Å². The van der Waals surface area contributed by atoms with Crippen LogP contribution < -0.4 is 0 Å². The van der Waals surface area contributed by atoms with Crippen LogP contribution in [0.25, 0.3) is 0 Å². The SMILES string of the molecule is CCCCN(CCCC)N(CC)C(C)(C(N(C)C)N(CC)CC)N(CCC)CCC. The Morgan fingerprint density at radius 3 is 1.40 bits per heavy atom. The minimum atomic E-state index is -0.0855. The van der Waals surface area contributed by atoms with Crippen molar-refractivity contribution in [3.8, 4) is 0 Å². The van der Waals surface area contributed by atoms with E-state index in [1.54, 1.807) is 0 Å². The van der Waals surface area contributed by atoms with Gasteiger partial charge in [-0.1, -0.05) is 61.3 Å². The molecule has 0 rings (SSSR count). The number of unbranched alkanes of at least 4 members (excludes halogenated alkanes) is 2. The molecule has 0 aromatic carbocycles. The van der Waals surface area contributed by atoms with Gasteiger partial charge in [0.15, 0.2) is 0 Å². The van der Waals surface area contributed by atoms with Crippen molar-refractivity contribution < 1.29 is 0 Å². The van der Waals surface area contributed by atoms with Crippen LogP contribution in [-0.4, -0.2) is 96.5 Å². The topological polar surface area (TPSA) is 16.2 Å². The predicted molar refractivity (Wildman–Crippen MR) is 135 cm³/mol. The van der Waals surface area contributed by atoms with Gasteiger partial charge in [0, 0.05) is 19.6 Å². The Bertz CT molecular complexity index is 385. The highest BCUT2D eigenvalue weighted by atomic mass is 15.7. The summed E-state index contributed by atoms with van der Waals surface area (Å²) < 4.78 is 0. The van der Waals surface area contributed by atoms with Crippen molar-refractivity contribution in [2.24, 2.45) is 0 Å². The molecular weight excluding hydrogens is 370 g/mol. The summed E-state index contributed by atoms with van der Waals surface area (Å²) in [5.41, 5.74) is -0.0855. The first kappa shape index (κ1) is 29.8. The van der Waals surface area contributed by atoms with E-state index in [0.717, 1.165) is 45.8 Å². The van der Waals surface area contributed by atoms with Crippen LogP contribution in [0.5, 0.6) is 0 Å². The molecule has 0 aliphatic heterocycles. The number of hydrogen-bond acceptors (Lipinski definition) is 5. The van der Waals surface area contributed by atoms with Crippen molar-refractivity contribution in [1.82, 2.24) is 24.7 Å². The Labute approximate surface area is 190 Å². The van der Waals surface area contributed by atoms with E-state index < -0.39 is 0 Å². The van der Waals surface area contributed by atoms with Crippen molar-refractivity contribution in [1.29, 1.82) is 0 Å². The summed E-state index contributed by atoms with van der Waals surface area (Å²) in [6, 6.07) is 0. The molecule has 0 bridgehead atoms. The minimum absolute atomic E-state index is 0.0855. The molecule has 30 heavy (non-hydrogen) atoms. The van der Waals surface area contributed by atoms with Gasteiger partial charge in [-0.2, -0.15) is 0 Å². The van der Waals surface area contributed by atoms with E-state index >= 15 is 0 Å². The van der Waals surface area contributed by atoms with E-state index in [9.17, 15) is 0 Å². The summed E-state index contributed by atoms with van der Waals surface area (Å²) in [4.78, 5) is 7.90. The van der Waals surface area contributed by atoms with E-state index in [1.807, 2.05) is 0 Å². The maximum atomic E-state index is 2.78. The van der Waals surface area contributed by atoms with Crippen LogP contribution in [0.2, 0.25) is 0 Å². The Balaban J connectivity index is 6.53. The predicted octanol–water partition coefficient (Wildman–Crippen LogP) is 5.19. The molecule has 0 saturated heterocycles. The van der Waals surface area contributed by atoms with Crippen molar-refractivity contribution in [2.45, 2.75) is 106 Å². The van der Waals surface area contributed by atoms with Crippen LogP contribution in [0.15, 0.2) is 0 Å². The van der Waals surface area contributed by atoms with Gasteiger partial charge in [-0.15, -0.1) is 0 Å². The summed E-state index contributed by atoms with van der Waals surface area (Å²) in [5.74, 6) is 0. The summed E-state index contributed by atoms with van der Waals surface area (Å²) in [5, 5.41) is 5.44. The van der Waals surface area contributed by atoms with Gasteiger partial charge in [-0.3, -0.25) is 14.7 Å². The molecule has 2 atom stereocenters. The standard InChI is InChI=1S/C25H57N5/c1-11-18-22-29(23-19-12-2)30(17-7)25(8,28(20-13-3)21-14-4)24(26(9)10)27(15-5)16-6/h24H,11-23H2,1-10H3. The van der Waals surface area contributed by atoms with Crippen molar-refractivity contribution in [2.75, 3.05) is 59.9 Å². The fourth-order valence-corrected chi connectivity index (χ4v) is 5.14. The zero-order valence-electron chi connectivity index (χ0n) is 22.5. The maximum absolute atomic E-state index is 2.78. The highest BCUT2D eigenvalue weighted by Gasteiger charge is 2.48. The highest BCUT2D eigenvalue weighted by molar-refractivity contribution is 4.96. The minimum Gasteiger partial charge on any atom is -0.291 e. The summed E-state index contributed by atoms with van der Waals surface area (Å²) in [6.07, 6.45) is 7.72. The summed E-state index contributed by atoms with van der Waals surface area (Å²) in [6.45, 7) is 26.6. The molecule has 0 N–H and O–H groups in total. The third kappa shape index (κ3) is 8.05. The second kappa shape index (κ2) is 16.4. The largest absolute Gasteiger partial charge is 0.291 e. The first-order valence-electron chi connectivity index (χ1n) is 13.0. The van der Waals surface area contributed by atoms with E-state index in [-0.39, 0.29) is 5.66 Å². The average molecular weight is 428 g/mol. The van der Waals surface area contributed by atoms with Gasteiger partial charge in [0.1, 0.15) is 5.66 Å². The van der Waals surface area contributed by atoms with Crippen molar-refractivity contribution in [3.05, 3.63) is 0 Å². The molecule has 0 aromatic heterocycles. The molecule has 0 fully saturated rings. The number of nitrogens with zero attached hydrogens (tertiary/aromatic N) is 5. The van der Waals surface area contributed by atoms with Crippen LogP contribution in [0.4, 0.5) is 0 Å². The number of likely N-dealkylation sites (N-methyl/N-ethyl adjacent to an activating group) is 3. The van der Waals surface area contributed by atoms with Gasteiger partial charge in [-0.05, 0) is 72.9 Å². The molecule has 0 aliphatic carbocycles. The molecule has 0 saturated carbocycles. The molecule has 0 amide bonds. The Hall–Kier alpha value is -0.200. The van der Waals surface area contributed by atoms with Crippen LogP contribution in [0, 0.1) is 0 Å². The van der Waals surface area contributed by atoms with E-state index in [1.165, 1.54) is 38.5 Å². The quantitative estimate of drug-likeness (QED) is 0.208. The Morgan fingerprint density at radius 1 is 0.633 bits per heavy atom. The Kier molecular flexibility index (Phi) is 16.3. The smallest absolute Gasteiger partial charge is 0.114 e. The molecule has 0 radical (unpaired) electrons. The van der Waals surface area contributed by atoms with Gasteiger partial charge in [-0.25, -0.2) is 10.0 Å². The normalized spacial score (nSPS) is 15.7. The summed E-state index contributed by atoms with van der Waals surface area (Å²) >= 11 is 0. The maximum Gasteiger partial charge on any atom is 0.114 e. The second-order valence-electron chi connectivity index (χ2n) is 9.02. The van der Waals surface area contributed by atoms with Gasteiger partial charge in [0.2, 0.25) is 0 Å². The fourth-order valence-electron chi connectivity index (χ4n) is 5.14. The molecule has 182 valence electrons. The van der Waals surface area contributed by atoms with E-state index in [0.29, 0.717) is 6.17 Å². The number of hydrogen-bond donors (Lipinski definition) is 0. The van der Waals surface area contributed by atoms with Gasteiger partial charge >= 0.3 is 0 Å². The lowest BCUT2D eigenvalue weighted by molar-refractivity contribution is -0.221. The lowest BCUT2D eigenvalue weighted by Gasteiger charge is -2.59. The van der Waals surface area contributed by atoms with Gasteiger partial charge in [0.25, 0.3) is 0 Å². The van der Waals surface area contributed by atoms with E-state index in [2.05, 4.69) is 94.2 Å². The van der Waals surface area contributed by atoms with Crippen LogP contribution in [0.1, 0.15) is 93.9 Å². The molecule has 5 heteroatoms. The zero-order chi connectivity index (χ0) is 23.2. The van der Waals surface area contributed by atoms with Crippen molar-refractivity contribution in [3.63, 3.8) is 0 Å². The molecule has 2 unspecified atom stereocenters. The first-order chi connectivity index (χ1) is 14.3. The van der Waals surface area contributed by atoms with Crippen LogP contribution in [-0.2, 0) is 0 Å². The van der Waals surface area contributed by atoms with Gasteiger partial charge in [0.05, 0.1) is 6.17 Å². The third-order valence-electron chi connectivity index (χ3n) is 6.47. The van der Waals surface area contributed by atoms with Gasteiger partial charge < -0.3 is 0 Å². The highest BCUT2D eigenvalue weighted by Crippen LogP contribution is 2.32. The Morgan fingerprint density at radius 2 is 1.10 bits per heavy atom. The molecule has 5 nitrogen and oxygen atoms in total. The molecule has 0 aliphatic rings. The molecular formula is C25H57N5. The molecule has 0 heterocycles. The third-order valence-corrected chi connectivity index (χ3v) is 6.47. The second-order valence-corrected chi connectivity index (χ2v) is 9.02. The average Bonchev–Trinajstić information content (AvgIpc) is 2.73. The fraction of sp³-hybridized carbons (Fsp3) is 1.00. The monoisotopic (exact) mass is 427 g/mol. The summed E-state index contributed by atoms with van der Waals surface area (Å²) in [7, 11) is 4.54. The zero-order valence-corrected chi connectivity index (χ0v) is 22.5. The molecule has 0 aromatic rings.